The van der Waals surface area contributed by atoms with E-state index in [1.54, 1.807) is 6.21 Å². The van der Waals surface area contributed by atoms with Gasteiger partial charge in [0.1, 0.15) is 5.75 Å². The molecule has 0 aliphatic carbocycles. The molecule has 0 radical (unpaired) electrons. The van der Waals surface area contributed by atoms with Crippen LogP contribution in [0.1, 0.15) is 12.5 Å². The van der Waals surface area contributed by atoms with E-state index in [2.05, 4.69) is 19.3 Å². The number of benzene rings is 1. The second-order valence-corrected chi connectivity index (χ2v) is 6.10. The number of aromatic nitrogens is 2. The van der Waals surface area contributed by atoms with Gasteiger partial charge in [-0.1, -0.05) is 0 Å². The van der Waals surface area contributed by atoms with Crippen LogP contribution in [0.2, 0.25) is 0 Å². The number of rotatable bonds is 8. The van der Waals surface area contributed by atoms with Crippen LogP contribution in [0.5, 0.6) is 11.6 Å². The fourth-order valence-corrected chi connectivity index (χ4v) is 2.92. The van der Waals surface area contributed by atoms with Crippen molar-refractivity contribution in [1.29, 1.82) is 0 Å². The molecular formula is C17H21N5O4S. The first kappa shape index (κ1) is 19.1. The van der Waals surface area contributed by atoms with E-state index < -0.39 is 0 Å². The Morgan fingerprint density at radius 3 is 2.81 bits per heavy atom. The van der Waals surface area contributed by atoms with E-state index in [0.717, 1.165) is 36.1 Å². The number of ether oxygens (including phenoxy) is 3. The highest BCUT2D eigenvalue weighted by Crippen LogP contribution is 2.26. The van der Waals surface area contributed by atoms with Crippen molar-refractivity contribution >= 4 is 29.7 Å². The molecule has 0 atom stereocenters. The van der Waals surface area contributed by atoms with Crippen molar-refractivity contribution in [3.05, 3.63) is 29.8 Å². The van der Waals surface area contributed by atoms with E-state index in [4.69, 9.17) is 14.2 Å². The molecule has 1 aromatic heterocycles. The molecule has 1 saturated heterocycles. The second-order valence-electron chi connectivity index (χ2n) is 5.58. The Morgan fingerprint density at radius 2 is 2.07 bits per heavy atom. The summed E-state index contributed by atoms with van der Waals surface area (Å²) in [5.74, 6) is 1.42. The Balaban J connectivity index is 1.45. The van der Waals surface area contributed by atoms with Gasteiger partial charge in [0.15, 0.2) is 6.61 Å². The number of nitrogens with one attached hydrogen (secondary N) is 1. The number of amides is 1. The molecule has 1 aliphatic rings. The van der Waals surface area contributed by atoms with Crippen molar-refractivity contribution in [2.24, 2.45) is 5.10 Å². The predicted octanol–water partition coefficient (Wildman–Crippen LogP) is 1.30. The number of anilines is 1. The van der Waals surface area contributed by atoms with Crippen LogP contribution in [0.4, 0.5) is 5.82 Å². The summed E-state index contributed by atoms with van der Waals surface area (Å²) in [5.41, 5.74) is 3.27. The molecule has 9 nitrogen and oxygen atoms in total. The fourth-order valence-electron chi connectivity index (χ4n) is 2.40. The molecular weight excluding hydrogens is 370 g/mol. The number of hydrazone groups is 1. The molecule has 10 heteroatoms. The van der Waals surface area contributed by atoms with Crippen LogP contribution in [0.3, 0.4) is 0 Å². The summed E-state index contributed by atoms with van der Waals surface area (Å²) in [7, 11) is 0. The minimum absolute atomic E-state index is 0.191. The third-order valence-electron chi connectivity index (χ3n) is 3.69. The number of hydrogen-bond acceptors (Lipinski definition) is 9. The highest BCUT2D eigenvalue weighted by Gasteiger charge is 2.20. The number of carbonyl (C=O) groups excluding carboxylic acids is 1. The smallest absolute Gasteiger partial charge is 0.278 e. The van der Waals surface area contributed by atoms with Gasteiger partial charge in [0.05, 0.1) is 37.8 Å². The lowest BCUT2D eigenvalue weighted by molar-refractivity contribution is -0.123. The van der Waals surface area contributed by atoms with E-state index in [1.165, 1.54) is 0 Å². The molecule has 0 unspecified atom stereocenters. The normalized spacial score (nSPS) is 14.3. The van der Waals surface area contributed by atoms with Crippen molar-refractivity contribution in [2.75, 3.05) is 44.4 Å². The van der Waals surface area contributed by atoms with Gasteiger partial charge < -0.3 is 19.1 Å². The molecule has 2 heterocycles. The monoisotopic (exact) mass is 391 g/mol. The molecule has 1 aromatic carbocycles. The molecule has 144 valence electrons. The average Bonchev–Trinajstić information content (AvgIpc) is 3.17. The van der Waals surface area contributed by atoms with Crippen molar-refractivity contribution in [3.63, 3.8) is 0 Å². The summed E-state index contributed by atoms with van der Waals surface area (Å²) >= 11 is 1.05. The van der Waals surface area contributed by atoms with Gasteiger partial charge >= 0.3 is 0 Å². The van der Waals surface area contributed by atoms with Crippen LogP contribution in [-0.2, 0) is 9.53 Å². The number of nitrogens with zero attached hydrogens (tertiary/aromatic N) is 4. The zero-order valence-corrected chi connectivity index (χ0v) is 15.8. The lowest BCUT2D eigenvalue weighted by Crippen LogP contribution is -2.36. The topological polar surface area (TPSA) is 98.2 Å². The Morgan fingerprint density at radius 1 is 1.30 bits per heavy atom. The predicted molar refractivity (Wildman–Crippen MR) is 102 cm³/mol. The van der Waals surface area contributed by atoms with Crippen LogP contribution in [-0.4, -0.2) is 60.4 Å². The quantitative estimate of drug-likeness (QED) is 0.535. The van der Waals surface area contributed by atoms with Crippen LogP contribution >= 0.6 is 11.7 Å². The molecule has 1 amide bonds. The first-order valence-corrected chi connectivity index (χ1v) is 9.32. The lowest BCUT2D eigenvalue weighted by atomic mass is 10.2. The van der Waals surface area contributed by atoms with Gasteiger partial charge in [-0.2, -0.15) is 9.47 Å². The molecule has 1 fully saturated rings. The molecule has 3 rings (SSSR count). The highest BCUT2D eigenvalue weighted by molar-refractivity contribution is 6.99. The maximum absolute atomic E-state index is 11.9. The zero-order chi connectivity index (χ0) is 18.9. The molecule has 0 spiro atoms. The summed E-state index contributed by atoms with van der Waals surface area (Å²) in [5, 5.41) is 3.92. The largest absolute Gasteiger partial charge is 0.494 e. The first-order chi connectivity index (χ1) is 13.3. The van der Waals surface area contributed by atoms with Crippen LogP contribution in [0.15, 0.2) is 29.4 Å². The van der Waals surface area contributed by atoms with Gasteiger partial charge in [0.2, 0.25) is 5.82 Å². The molecule has 2 aromatic rings. The lowest BCUT2D eigenvalue weighted by Gasteiger charge is -2.26. The van der Waals surface area contributed by atoms with Crippen molar-refractivity contribution in [2.45, 2.75) is 6.92 Å². The SMILES string of the molecule is CCOc1ccc(/C=N\NC(=O)COc2nsnc2N2CCOCC2)cc1. The van der Waals surface area contributed by atoms with E-state index in [-0.39, 0.29) is 12.5 Å². The molecule has 1 N–H and O–H groups in total. The maximum Gasteiger partial charge on any atom is 0.278 e. The Bertz CT molecular complexity index is 759. The summed E-state index contributed by atoms with van der Waals surface area (Å²) in [4.78, 5) is 13.9. The number of hydrogen-bond donors (Lipinski definition) is 1. The summed E-state index contributed by atoms with van der Waals surface area (Å²) < 4.78 is 24.5. The van der Waals surface area contributed by atoms with Gasteiger partial charge in [-0.15, -0.1) is 4.37 Å². The van der Waals surface area contributed by atoms with Crippen LogP contribution in [0, 0.1) is 0 Å². The Kier molecular flexibility index (Phi) is 6.94. The number of morpholine rings is 1. The minimum Gasteiger partial charge on any atom is -0.494 e. The van der Waals surface area contributed by atoms with E-state index in [9.17, 15) is 4.79 Å². The summed E-state index contributed by atoms with van der Waals surface area (Å²) in [6.07, 6.45) is 1.55. The summed E-state index contributed by atoms with van der Waals surface area (Å²) in [6.45, 7) is 5.07. The minimum atomic E-state index is -0.377. The number of carbonyl (C=O) groups is 1. The van der Waals surface area contributed by atoms with Gasteiger partial charge in [-0.3, -0.25) is 4.79 Å². The van der Waals surface area contributed by atoms with Crippen molar-refractivity contribution < 1.29 is 19.0 Å². The van der Waals surface area contributed by atoms with Gasteiger partial charge in [0, 0.05) is 13.1 Å². The van der Waals surface area contributed by atoms with Gasteiger partial charge in [-0.25, -0.2) is 5.43 Å². The van der Waals surface area contributed by atoms with E-state index >= 15 is 0 Å². The van der Waals surface area contributed by atoms with E-state index in [1.807, 2.05) is 36.1 Å². The standard InChI is InChI=1S/C17H21N5O4S/c1-2-25-14-5-3-13(4-6-14)11-18-19-15(23)12-26-17-16(20-27-21-17)22-7-9-24-10-8-22/h3-6,11H,2,7-10,12H2,1H3,(H,19,23)/b18-11-. The molecule has 0 saturated carbocycles. The molecule has 27 heavy (non-hydrogen) atoms. The summed E-state index contributed by atoms with van der Waals surface area (Å²) in [6, 6.07) is 7.40. The maximum atomic E-state index is 11.9. The Hall–Kier alpha value is -2.72. The van der Waals surface area contributed by atoms with Crippen molar-refractivity contribution in [1.82, 2.24) is 14.2 Å². The van der Waals surface area contributed by atoms with Crippen LogP contribution in [0.25, 0.3) is 0 Å². The second kappa shape index (κ2) is 9.83. The Labute approximate surface area is 161 Å². The zero-order valence-electron chi connectivity index (χ0n) is 15.0. The third-order valence-corrected chi connectivity index (χ3v) is 4.19. The van der Waals surface area contributed by atoms with E-state index in [0.29, 0.717) is 31.5 Å². The molecule has 1 aliphatic heterocycles. The van der Waals surface area contributed by atoms with Gasteiger partial charge in [0.25, 0.3) is 11.8 Å². The van der Waals surface area contributed by atoms with Crippen molar-refractivity contribution in [3.8, 4) is 11.6 Å². The molecule has 0 bridgehead atoms. The third kappa shape index (κ3) is 5.63. The fraction of sp³-hybridized carbons (Fsp3) is 0.412. The highest BCUT2D eigenvalue weighted by atomic mass is 32.1. The first-order valence-electron chi connectivity index (χ1n) is 8.59. The van der Waals surface area contributed by atoms with Gasteiger partial charge in [-0.05, 0) is 36.8 Å². The average molecular weight is 391 g/mol. The van der Waals surface area contributed by atoms with Crippen LogP contribution < -0.4 is 19.8 Å².